The maximum Gasteiger partial charge on any atom is 0.216 e. The van der Waals surface area contributed by atoms with E-state index in [0.717, 1.165) is 0 Å². The zero-order valence-corrected chi connectivity index (χ0v) is 7.75. The third-order valence-corrected chi connectivity index (χ3v) is 1.94. The fraction of sp³-hybridized carbons (Fsp3) is 0.143. The molecule has 0 radical (unpaired) electrons. The van der Waals surface area contributed by atoms with Gasteiger partial charge in [-0.3, -0.25) is 14.8 Å². The third kappa shape index (κ3) is 1.48. The van der Waals surface area contributed by atoms with Crippen molar-refractivity contribution in [1.82, 2.24) is 24.7 Å². The SMILES string of the molecule is Cn1[nH]c(-c2cnccn2)nc1=S. The van der Waals surface area contributed by atoms with Crippen molar-refractivity contribution in [1.29, 1.82) is 0 Å². The Balaban J connectivity index is 2.54. The summed E-state index contributed by atoms with van der Waals surface area (Å²) >= 11 is 4.95. The Labute approximate surface area is 79.5 Å². The smallest absolute Gasteiger partial charge is 0.216 e. The second-order valence-corrected chi connectivity index (χ2v) is 2.87. The lowest BCUT2D eigenvalue weighted by Crippen LogP contribution is -1.90. The van der Waals surface area contributed by atoms with Crippen molar-refractivity contribution < 1.29 is 0 Å². The van der Waals surface area contributed by atoms with Gasteiger partial charge in [-0.1, -0.05) is 0 Å². The zero-order chi connectivity index (χ0) is 9.26. The van der Waals surface area contributed by atoms with Crippen LogP contribution in [0.5, 0.6) is 0 Å². The highest BCUT2D eigenvalue weighted by molar-refractivity contribution is 7.71. The molecule has 0 aliphatic carbocycles. The number of rotatable bonds is 1. The highest BCUT2D eigenvalue weighted by Gasteiger charge is 2.02. The molecule has 0 atom stereocenters. The minimum absolute atomic E-state index is 0.501. The van der Waals surface area contributed by atoms with Gasteiger partial charge in [0.05, 0.1) is 6.20 Å². The molecule has 0 spiro atoms. The summed E-state index contributed by atoms with van der Waals surface area (Å²) in [6.45, 7) is 0. The summed E-state index contributed by atoms with van der Waals surface area (Å²) in [6, 6.07) is 0. The van der Waals surface area contributed by atoms with E-state index in [1.54, 1.807) is 30.3 Å². The van der Waals surface area contributed by atoms with Crippen molar-refractivity contribution in [2.24, 2.45) is 7.05 Å². The number of aryl methyl sites for hydroxylation is 1. The van der Waals surface area contributed by atoms with Gasteiger partial charge >= 0.3 is 0 Å². The van der Waals surface area contributed by atoms with Gasteiger partial charge in [-0.15, -0.1) is 0 Å². The number of hydrogen-bond acceptors (Lipinski definition) is 4. The Bertz CT molecular complexity index is 457. The summed E-state index contributed by atoms with van der Waals surface area (Å²) in [4.78, 5) is 12.1. The fourth-order valence-electron chi connectivity index (χ4n) is 0.938. The maximum atomic E-state index is 4.95. The van der Waals surface area contributed by atoms with Crippen LogP contribution < -0.4 is 0 Å². The third-order valence-electron chi connectivity index (χ3n) is 1.57. The molecule has 0 bridgehead atoms. The predicted octanol–water partition coefficient (Wildman–Crippen LogP) is 0.935. The van der Waals surface area contributed by atoms with Crippen LogP contribution in [0, 0.1) is 4.77 Å². The van der Waals surface area contributed by atoms with Crippen LogP contribution in [0.15, 0.2) is 18.6 Å². The molecule has 1 N–H and O–H groups in total. The Morgan fingerprint density at radius 2 is 2.31 bits per heavy atom. The van der Waals surface area contributed by atoms with E-state index in [4.69, 9.17) is 12.2 Å². The topological polar surface area (TPSA) is 59.4 Å². The van der Waals surface area contributed by atoms with Gasteiger partial charge in [-0.05, 0) is 12.2 Å². The summed E-state index contributed by atoms with van der Waals surface area (Å²) < 4.78 is 2.15. The molecular weight excluding hydrogens is 186 g/mol. The first-order valence-electron chi connectivity index (χ1n) is 3.67. The Kier molecular flexibility index (Phi) is 1.90. The number of aromatic nitrogens is 5. The van der Waals surface area contributed by atoms with Crippen LogP contribution >= 0.6 is 12.2 Å². The van der Waals surface area contributed by atoms with Crippen LogP contribution in [0.3, 0.4) is 0 Å². The molecule has 0 aliphatic heterocycles. The number of nitrogens with one attached hydrogen (secondary N) is 1. The lowest BCUT2D eigenvalue weighted by Gasteiger charge is -1.91. The van der Waals surface area contributed by atoms with E-state index in [-0.39, 0.29) is 0 Å². The molecular formula is C7H7N5S. The average molecular weight is 193 g/mol. The largest absolute Gasteiger partial charge is 0.278 e. The molecule has 2 aromatic heterocycles. The maximum absolute atomic E-state index is 4.95. The van der Waals surface area contributed by atoms with E-state index in [2.05, 4.69) is 20.1 Å². The summed E-state index contributed by atoms with van der Waals surface area (Å²) in [5, 5.41) is 2.96. The van der Waals surface area contributed by atoms with Gasteiger partial charge in [0.25, 0.3) is 0 Å². The Morgan fingerprint density at radius 1 is 1.46 bits per heavy atom. The number of nitrogens with zero attached hydrogens (tertiary/aromatic N) is 4. The van der Waals surface area contributed by atoms with Gasteiger partial charge in [-0.25, -0.2) is 4.98 Å². The lowest BCUT2D eigenvalue weighted by molar-refractivity contribution is 0.755. The van der Waals surface area contributed by atoms with Crippen LogP contribution in [0.1, 0.15) is 0 Å². The van der Waals surface area contributed by atoms with Crippen molar-refractivity contribution in [2.75, 3.05) is 0 Å². The van der Waals surface area contributed by atoms with Gasteiger partial charge < -0.3 is 0 Å². The van der Waals surface area contributed by atoms with Crippen LogP contribution in [0.25, 0.3) is 11.5 Å². The first kappa shape index (κ1) is 8.06. The summed E-state index contributed by atoms with van der Waals surface area (Å²) in [6.07, 6.45) is 4.86. The van der Waals surface area contributed by atoms with Crippen LogP contribution in [0.2, 0.25) is 0 Å². The highest BCUT2D eigenvalue weighted by Crippen LogP contribution is 2.07. The van der Waals surface area contributed by atoms with E-state index in [0.29, 0.717) is 16.3 Å². The van der Waals surface area contributed by atoms with Crippen LogP contribution in [-0.2, 0) is 7.05 Å². The van der Waals surface area contributed by atoms with Gasteiger partial charge in [-0.2, -0.15) is 4.98 Å². The van der Waals surface area contributed by atoms with E-state index < -0.39 is 0 Å². The average Bonchev–Trinajstić information content (AvgIpc) is 2.49. The second-order valence-electron chi connectivity index (χ2n) is 2.50. The first-order valence-corrected chi connectivity index (χ1v) is 4.07. The highest BCUT2D eigenvalue weighted by atomic mass is 32.1. The molecule has 6 heteroatoms. The Morgan fingerprint density at radius 3 is 2.85 bits per heavy atom. The second kappa shape index (κ2) is 3.06. The Hall–Kier alpha value is -1.56. The van der Waals surface area contributed by atoms with E-state index >= 15 is 0 Å². The van der Waals surface area contributed by atoms with Crippen molar-refractivity contribution in [3.05, 3.63) is 23.4 Å². The molecule has 0 saturated carbocycles. The molecule has 2 rings (SSSR count). The van der Waals surface area contributed by atoms with E-state index in [1.807, 2.05) is 0 Å². The molecule has 0 aliphatic rings. The molecule has 0 aromatic carbocycles. The quantitative estimate of drug-likeness (QED) is 0.684. The van der Waals surface area contributed by atoms with Crippen LogP contribution in [-0.4, -0.2) is 24.7 Å². The number of hydrogen-bond donors (Lipinski definition) is 1. The molecule has 5 nitrogen and oxygen atoms in total. The monoisotopic (exact) mass is 193 g/mol. The summed E-state index contributed by atoms with van der Waals surface area (Å²) in [5.41, 5.74) is 0.689. The number of H-pyrrole nitrogens is 1. The van der Waals surface area contributed by atoms with E-state index in [1.165, 1.54) is 0 Å². The zero-order valence-electron chi connectivity index (χ0n) is 6.93. The summed E-state index contributed by atoms with van der Waals surface area (Å²) in [7, 11) is 1.80. The molecule has 2 heterocycles. The molecule has 0 fully saturated rings. The number of aromatic amines is 1. The molecule has 0 saturated heterocycles. The van der Waals surface area contributed by atoms with Crippen molar-refractivity contribution >= 4 is 12.2 Å². The van der Waals surface area contributed by atoms with Crippen molar-refractivity contribution in [3.8, 4) is 11.5 Å². The predicted molar refractivity (Wildman–Crippen MR) is 49.4 cm³/mol. The minimum Gasteiger partial charge on any atom is -0.278 e. The molecule has 0 amide bonds. The summed E-state index contributed by atoms with van der Waals surface area (Å²) in [5.74, 6) is 0.639. The molecule has 13 heavy (non-hydrogen) atoms. The molecule has 0 unspecified atom stereocenters. The lowest BCUT2D eigenvalue weighted by atomic mass is 10.4. The molecule has 2 aromatic rings. The van der Waals surface area contributed by atoms with Gasteiger partial charge in [0, 0.05) is 19.4 Å². The van der Waals surface area contributed by atoms with Gasteiger partial charge in [0.1, 0.15) is 5.69 Å². The minimum atomic E-state index is 0.501. The van der Waals surface area contributed by atoms with Crippen molar-refractivity contribution in [3.63, 3.8) is 0 Å². The normalized spacial score (nSPS) is 10.2. The standard InChI is InChI=1S/C7H7N5S/c1-12-7(13)10-6(11-12)5-4-8-2-3-9-5/h2-4H,1H3,(H,10,11,13). The van der Waals surface area contributed by atoms with E-state index in [9.17, 15) is 0 Å². The van der Waals surface area contributed by atoms with Gasteiger partial charge in [0.15, 0.2) is 5.82 Å². The fourth-order valence-corrected chi connectivity index (χ4v) is 1.08. The van der Waals surface area contributed by atoms with Crippen molar-refractivity contribution in [2.45, 2.75) is 0 Å². The van der Waals surface area contributed by atoms with Gasteiger partial charge in [0.2, 0.25) is 4.77 Å². The van der Waals surface area contributed by atoms with Crippen LogP contribution in [0.4, 0.5) is 0 Å². The first-order chi connectivity index (χ1) is 6.27. The molecule has 66 valence electrons.